The Labute approximate surface area is 90.6 Å². The van der Waals surface area contributed by atoms with Gasteiger partial charge in [-0.2, -0.15) is 5.10 Å². The van der Waals surface area contributed by atoms with Crippen LogP contribution in [0.4, 0.5) is 0 Å². The molecule has 4 nitrogen and oxygen atoms in total. The number of nitrogens with zero attached hydrogens (tertiary/aromatic N) is 2. The van der Waals surface area contributed by atoms with Gasteiger partial charge in [-0.15, -0.1) is 0 Å². The molecule has 4 heteroatoms. The predicted molar refractivity (Wildman–Crippen MR) is 58.5 cm³/mol. The highest BCUT2D eigenvalue weighted by Gasteiger charge is 2.20. The van der Waals surface area contributed by atoms with Crippen molar-refractivity contribution in [2.24, 2.45) is 7.05 Å². The van der Waals surface area contributed by atoms with E-state index in [0.29, 0.717) is 12.2 Å². The molecule has 0 aromatic carbocycles. The summed E-state index contributed by atoms with van der Waals surface area (Å²) < 4.78 is 7.54. The Bertz CT molecular complexity index is 311. The summed E-state index contributed by atoms with van der Waals surface area (Å²) >= 11 is 0. The van der Waals surface area contributed by atoms with Gasteiger partial charge in [-0.3, -0.25) is 4.68 Å². The molecule has 84 valence electrons. The van der Waals surface area contributed by atoms with Gasteiger partial charge in [0.15, 0.2) is 0 Å². The van der Waals surface area contributed by atoms with Crippen LogP contribution >= 0.6 is 0 Å². The molecule has 2 rings (SSSR count). The van der Waals surface area contributed by atoms with Crippen LogP contribution in [0.25, 0.3) is 0 Å². The molecule has 2 unspecified atom stereocenters. The van der Waals surface area contributed by atoms with Gasteiger partial charge in [-0.05, 0) is 25.8 Å². The zero-order chi connectivity index (χ0) is 10.7. The summed E-state index contributed by atoms with van der Waals surface area (Å²) in [6, 6.07) is 2.03. The standard InChI is InChI=1S/C11H19N3O/c1-9-3-4-11(15-9)8-12-7-10-5-6-14(2)13-10/h5-6,9,11-12H,3-4,7-8H2,1-2H3. The lowest BCUT2D eigenvalue weighted by molar-refractivity contribution is 0.0558. The fourth-order valence-corrected chi connectivity index (χ4v) is 1.95. The van der Waals surface area contributed by atoms with Gasteiger partial charge in [0.25, 0.3) is 0 Å². The van der Waals surface area contributed by atoms with Gasteiger partial charge in [-0.1, -0.05) is 0 Å². The fraction of sp³-hybridized carbons (Fsp3) is 0.727. The first-order valence-electron chi connectivity index (χ1n) is 5.59. The number of hydrogen-bond acceptors (Lipinski definition) is 3. The first-order valence-corrected chi connectivity index (χ1v) is 5.59. The van der Waals surface area contributed by atoms with Crippen molar-refractivity contribution in [1.29, 1.82) is 0 Å². The molecule has 1 aliphatic heterocycles. The smallest absolute Gasteiger partial charge is 0.0762 e. The van der Waals surface area contributed by atoms with E-state index in [1.807, 2.05) is 24.0 Å². The average Bonchev–Trinajstić information content (AvgIpc) is 2.76. The first-order chi connectivity index (χ1) is 7.24. The molecular weight excluding hydrogens is 190 g/mol. The monoisotopic (exact) mass is 209 g/mol. The minimum absolute atomic E-state index is 0.392. The summed E-state index contributed by atoms with van der Waals surface area (Å²) in [6.07, 6.45) is 5.16. The maximum absolute atomic E-state index is 5.72. The number of aromatic nitrogens is 2. The predicted octanol–water partition coefficient (Wildman–Crippen LogP) is 1.08. The van der Waals surface area contributed by atoms with Crippen LogP contribution in [-0.2, 0) is 18.3 Å². The average molecular weight is 209 g/mol. The Morgan fingerprint density at radius 3 is 3.07 bits per heavy atom. The van der Waals surface area contributed by atoms with Crippen LogP contribution in [0.5, 0.6) is 0 Å². The molecule has 0 bridgehead atoms. The number of nitrogens with one attached hydrogen (secondary N) is 1. The van der Waals surface area contributed by atoms with Gasteiger partial charge in [0, 0.05) is 26.3 Å². The summed E-state index contributed by atoms with van der Waals surface area (Å²) in [5, 5.41) is 7.68. The largest absolute Gasteiger partial charge is 0.374 e. The minimum Gasteiger partial charge on any atom is -0.374 e. The van der Waals surface area contributed by atoms with Crippen LogP contribution in [0.2, 0.25) is 0 Å². The summed E-state index contributed by atoms with van der Waals surface area (Å²) in [6.45, 7) is 3.90. The van der Waals surface area contributed by atoms with Gasteiger partial charge in [0.1, 0.15) is 0 Å². The molecule has 1 N–H and O–H groups in total. The van der Waals surface area contributed by atoms with E-state index < -0.39 is 0 Å². The Morgan fingerprint density at radius 1 is 1.60 bits per heavy atom. The highest BCUT2D eigenvalue weighted by molar-refractivity contribution is 4.97. The molecule has 1 fully saturated rings. The van der Waals surface area contributed by atoms with Crippen LogP contribution in [-0.4, -0.2) is 28.5 Å². The normalized spacial score (nSPS) is 26.0. The molecule has 0 radical (unpaired) electrons. The Kier molecular flexibility index (Phi) is 3.38. The van der Waals surface area contributed by atoms with Gasteiger partial charge < -0.3 is 10.1 Å². The molecule has 1 saturated heterocycles. The minimum atomic E-state index is 0.392. The van der Waals surface area contributed by atoms with Crippen LogP contribution in [0.1, 0.15) is 25.5 Å². The van der Waals surface area contributed by atoms with E-state index in [0.717, 1.165) is 18.8 Å². The van der Waals surface area contributed by atoms with Crippen molar-refractivity contribution in [3.05, 3.63) is 18.0 Å². The van der Waals surface area contributed by atoms with E-state index in [1.165, 1.54) is 12.8 Å². The summed E-state index contributed by atoms with van der Waals surface area (Å²) in [7, 11) is 1.94. The fourth-order valence-electron chi connectivity index (χ4n) is 1.95. The van der Waals surface area contributed by atoms with Gasteiger partial charge in [-0.25, -0.2) is 0 Å². The maximum atomic E-state index is 5.72. The van der Waals surface area contributed by atoms with Gasteiger partial charge in [0.2, 0.25) is 0 Å². The lowest BCUT2D eigenvalue weighted by Gasteiger charge is -2.11. The second-order valence-corrected chi connectivity index (χ2v) is 4.26. The van der Waals surface area contributed by atoms with Crippen LogP contribution < -0.4 is 5.32 Å². The van der Waals surface area contributed by atoms with Crippen molar-refractivity contribution >= 4 is 0 Å². The molecule has 0 amide bonds. The third-order valence-electron chi connectivity index (χ3n) is 2.77. The van der Waals surface area contributed by atoms with Crippen molar-refractivity contribution < 1.29 is 4.74 Å². The lowest BCUT2D eigenvalue weighted by Crippen LogP contribution is -2.26. The molecule has 0 saturated carbocycles. The first kappa shape index (κ1) is 10.6. The van der Waals surface area contributed by atoms with E-state index >= 15 is 0 Å². The van der Waals surface area contributed by atoms with Crippen molar-refractivity contribution in [3.63, 3.8) is 0 Å². The number of ether oxygens (including phenoxy) is 1. The molecule has 0 aliphatic carbocycles. The molecule has 2 heterocycles. The number of hydrogen-bond donors (Lipinski definition) is 1. The highest BCUT2D eigenvalue weighted by Crippen LogP contribution is 2.18. The Balaban J connectivity index is 1.67. The molecule has 1 aromatic heterocycles. The zero-order valence-corrected chi connectivity index (χ0v) is 9.44. The quantitative estimate of drug-likeness (QED) is 0.806. The molecule has 1 aliphatic rings. The third-order valence-corrected chi connectivity index (χ3v) is 2.77. The second kappa shape index (κ2) is 4.77. The Morgan fingerprint density at radius 2 is 2.47 bits per heavy atom. The molecule has 15 heavy (non-hydrogen) atoms. The van der Waals surface area contributed by atoms with E-state index in [1.54, 1.807) is 0 Å². The number of aryl methyl sites for hydroxylation is 1. The van der Waals surface area contributed by atoms with Gasteiger partial charge >= 0.3 is 0 Å². The maximum Gasteiger partial charge on any atom is 0.0762 e. The van der Waals surface area contributed by atoms with Gasteiger partial charge in [0.05, 0.1) is 17.9 Å². The Hall–Kier alpha value is -0.870. The second-order valence-electron chi connectivity index (χ2n) is 4.26. The van der Waals surface area contributed by atoms with Crippen molar-refractivity contribution in [1.82, 2.24) is 15.1 Å². The SMILES string of the molecule is CC1CCC(CNCc2ccn(C)n2)O1. The highest BCUT2D eigenvalue weighted by atomic mass is 16.5. The number of rotatable bonds is 4. The van der Waals surface area contributed by atoms with Crippen molar-refractivity contribution in [2.75, 3.05) is 6.54 Å². The van der Waals surface area contributed by atoms with Crippen molar-refractivity contribution in [2.45, 2.75) is 38.5 Å². The van der Waals surface area contributed by atoms with E-state index in [-0.39, 0.29) is 0 Å². The zero-order valence-electron chi connectivity index (χ0n) is 9.44. The molecule has 2 atom stereocenters. The molecule has 1 aromatic rings. The summed E-state index contributed by atoms with van der Waals surface area (Å²) in [5.41, 5.74) is 1.09. The van der Waals surface area contributed by atoms with E-state index in [9.17, 15) is 0 Å². The van der Waals surface area contributed by atoms with Crippen LogP contribution in [0.3, 0.4) is 0 Å². The third kappa shape index (κ3) is 3.04. The van der Waals surface area contributed by atoms with E-state index in [4.69, 9.17) is 4.74 Å². The van der Waals surface area contributed by atoms with Crippen molar-refractivity contribution in [3.8, 4) is 0 Å². The molecular formula is C11H19N3O. The molecule has 0 spiro atoms. The topological polar surface area (TPSA) is 39.1 Å². The summed E-state index contributed by atoms with van der Waals surface area (Å²) in [4.78, 5) is 0. The summed E-state index contributed by atoms with van der Waals surface area (Å²) in [5.74, 6) is 0. The van der Waals surface area contributed by atoms with Crippen LogP contribution in [0.15, 0.2) is 12.3 Å². The lowest BCUT2D eigenvalue weighted by atomic mass is 10.2. The van der Waals surface area contributed by atoms with E-state index in [2.05, 4.69) is 17.3 Å². The van der Waals surface area contributed by atoms with Crippen LogP contribution in [0, 0.1) is 0 Å².